The highest BCUT2D eigenvalue weighted by atomic mass is 16.3. The first-order valence-corrected chi connectivity index (χ1v) is 9.83. The van der Waals surface area contributed by atoms with E-state index in [0.717, 1.165) is 44.0 Å². The molecule has 1 atom stereocenters. The molecule has 5 heteroatoms. The summed E-state index contributed by atoms with van der Waals surface area (Å²) in [5.74, 6) is 0.913. The lowest BCUT2D eigenvalue weighted by Crippen LogP contribution is -3.15. The number of carbonyl (C=O) groups excluding carboxylic acids is 1. The highest BCUT2D eigenvalue weighted by molar-refractivity contribution is 5.91. The number of piperazine rings is 1. The molecule has 0 aliphatic carbocycles. The van der Waals surface area contributed by atoms with E-state index in [-0.39, 0.29) is 5.91 Å². The average molecular weight is 369 g/mol. The molecule has 0 unspecified atom stereocenters. The van der Waals surface area contributed by atoms with Crippen LogP contribution >= 0.6 is 0 Å². The first-order valence-electron chi connectivity index (χ1n) is 9.83. The Kier molecular flexibility index (Phi) is 6.35. The minimum absolute atomic E-state index is 0.0531. The lowest BCUT2D eigenvalue weighted by molar-refractivity contribution is -0.892. The summed E-state index contributed by atoms with van der Waals surface area (Å²) < 4.78 is 0. The fourth-order valence-electron chi connectivity index (χ4n) is 3.54. The van der Waals surface area contributed by atoms with Crippen molar-refractivity contribution in [3.05, 3.63) is 54.1 Å². The van der Waals surface area contributed by atoms with Gasteiger partial charge in [0.1, 0.15) is 5.75 Å². The Morgan fingerprint density at radius 1 is 1.15 bits per heavy atom. The van der Waals surface area contributed by atoms with Crippen LogP contribution < -0.4 is 15.1 Å². The van der Waals surface area contributed by atoms with Gasteiger partial charge >= 0.3 is 0 Å². The van der Waals surface area contributed by atoms with Crippen LogP contribution in [0, 0.1) is 0 Å². The van der Waals surface area contributed by atoms with Crippen LogP contribution in [0.5, 0.6) is 5.75 Å². The number of carbonyl (C=O) groups is 1. The van der Waals surface area contributed by atoms with Crippen LogP contribution in [0.2, 0.25) is 0 Å². The number of nitrogens with one attached hydrogen (secondary N) is 2. The number of anilines is 2. The Bertz CT molecular complexity index is 752. The number of hydrogen-bond donors (Lipinski definition) is 3. The molecular formula is C22H30N3O2+. The lowest BCUT2D eigenvalue weighted by atomic mass is 9.99. The van der Waals surface area contributed by atoms with E-state index in [1.807, 2.05) is 30.3 Å². The van der Waals surface area contributed by atoms with Gasteiger partial charge in [0, 0.05) is 5.69 Å². The van der Waals surface area contributed by atoms with E-state index < -0.39 is 0 Å². The first-order chi connectivity index (χ1) is 13.1. The Morgan fingerprint density at radius 2 is 1.81 bits per heavy atom. The van der Waals surface area contributed by atoms with Crippen LogP contribution in [-0.2, 0) is 4.79 Å². The van der Waals surface area contributed by atoms with Crippen molar-refractivity contribution in [3.63, 3.8) is 0 Å². The van der Waals surface area contributed by atoms with Crippen LogP contribution in [0.15, 0.2) is 48.5 Å². The van der Waals surface area contributed by atoms with Crippen LogP contribution in [0.3, 0.4) is 0 Å². The summed E-state index contributed by atoms with van der Waals surface area (Å²) in [5, 5.41) is 13.0. The number of para-hydroxylation sites is 2. The van der Waals surface area contributed by atoms with Crippen LogP contribution in [0.25, 0.3) is 0 Å². The zero-order valence-corrected chi connectivity index (χ0v) is 16.2. The standard InChI is InChI=1S/C22H29N3O2/c1-3-17(2)18-8-10-19(11-9-18)23-22(27)16-24-12-14-25(15-13-24)20-6-4-5-7-21(20)26/h4-11,17,26H,3,12-16H2,1-2H3,(H,23,27)/p+1/t17-/m1/s1. The zero-order chi connectivity index (χ0) is 19.2. The van der Waals surface area contributed by atoms with E-state index in [2.05, 4.69) is 36.2 Å². The number of aromatic hydroxyl groups is 1. The monoisotopic (exact) mass is 368 g/mol. The zero-order valence-electron chi connectivity index (χ0n) is 16.2. The maximum atomic E-state index is 12.4. The number of rotatable bonds is 6. The Morgan fingerprint density at radius 3 is 2.44 bits per heavy atom. The largest absolute Gasteiger partial charge is 0.506 e. The van der Waals surface area contributed by atoms with Gasteiger partial charge in [-0.2, -0.15) is 0 Å². The lowest BCUT2D eigenvalue weighted by Gasteiger charge is -2.33. The molecule has 5 nitrogen and oxygen atoms in total. The van der Waals surface area contributed by atoms with Crippen molar-refractivity contribution >= 4 is 17.3 Å². The number of phenolic OH excluding ortho intramolecular Hbond substituents is 1. The fourth-order valence-corrected chi connectivity index (χ4v) is 3.54. The van der Waals surface area contributed by atoms with Gasteiger partial charge in [-0.1, -0.05) is 38.1 Å². The third kappa shape index (κ3) is 5.01. The van der Waals surface area contributed by atoms with Crippen molar-refractivity contribution < 1.29 is 14.8 Å². The summed E-state index contributed by atoms with van der Waals surface area (Å²) in [6.45, 7) is 8.31. The van der Waals surface area contributed by atoms with E-state index in [1.54, 1.807) is 6.07 Å². The van der Waals surface area contributed by atoms with Gasteiger partial charge in [0.2, 0.25) is 0 Å². The van der Waals surface area contributed by atoms with Gasteiger partial charge in [0.15, 0.2) is 6.54 Å². The summed E-state index contributed by atoms with van der Waals surface area (Å²) in [6, 6.07) is 15.6. The molecule has 1 fully saturated rings. The van der Waals surface area contributed by atoms with Gasteiger partial charge in [-0.15, -0.1) is 0 Å². The minimum atomic E-state index is 0.0531. The van der Waals surface area contributed by atoms with Crippen molar-refractivity contribution in [2.75, 3.05) is 42.9 Å². The molecule has 0 bridgehead atoms. The quantitative estimate of drug-likeness (QED) is 0.733. The smallest absolute Gasteiger partial charge is 0.279 e. The molecule has 1 aliphatic heterocycles. The molecule has 1 amide bonds. The van der Waals surface area contributed by atoms with Gasteiger partial charge in [-0.25, -0.2) is 0 Å². The first kappa shape index (κ1) is 19.2. The predicted octanol–water partition coefficient (Wildman–Crippen LogP) is 2.25. The van der Waals surface area contributed by atoms with Crippen LogP contribution in [0.1, 0.15) is 31.7 Å². The third-order valence-electron chi connectivity index (χ3n) is 5.48. The molecule has 2 aromatic carbocycles. The fraction of sp³-hybridized carbons (Fsp3) is 0.409. The van der Waals surface area contributed by atoms with Crippen molar-refractivity contribution in [2.24, 2.45) is 0 Å². The second-order valence-corrected chi connectivity index (χ2v) is 7.38. The maximum Gasteiger partial charge on any atom is 0.279 e. The topological polar surface area (TPSA) is 57.0 Å². The molecule has 144 valence electrons. The molecule has 2 aromatic rings. The van der Waals surface area contributed by atoms with Crippen molar-refractivity contribution in [1.82, 2.24) is 0 Å². The summed E-state index contributed by atoms with van der Waals surface area (Å²) in [4.78, 5) is 15.8. The predicted molar refractivity (Wildman–Crippen MR) is 110 cm³/mol. The number of hydrogen-bond acceptors (Lipinski definition) is 3. The number of nitrogens with zero attached hydrogens (tertiary/aromatic N) is 1. The molecular weight excluding hydrogens is 338 g/mol. The summed E-state index contributed by atoms with van der Waals surface area (Å²) in [7, 11) is 0. The molecule has 0 radical (unpaired) electrons. The van der Waals surface area contributed by atoms with Gasteiger partial charge in [-0.3, -0.25) is 4.79 Å². The van der Waals surface area contributed by atoms with Crippen LogP contribution in [0.4, 0.5) is 11.4 Å². The SMILES string of the molecule is CC[C@@H](C)c1ccc(NC(=O)C[NH+]2CCN(c3ccccc3O)CC2)cc1. The molecule has 1 aliphatic rings. The van der Waals surface area contributed by atoms with E-state index in [1.165, 1.54) is 10.5 Å². The normalized spacial score (nSPS) is 16.1. The molecule has 1 saturated heterocycles. The Balaban J connectivity index is 1.47. The molecule has 0 spiro atoms. The van der Waals surface area contributed by atoms with Crippen molar-refractivity contribution in [1.29, 1.82) is 0 Å². The number of benzene rings is 2. The van der Waals surface area contributed by atoms with E-state index in [9.17, 15) is 9.90 Å². The number of amides is 1. The van der Waals surface area contributed by atoms with Crippen molar-refractivity contribution in [2.45, 2.75) is 26.2 Å². The molecule has 3 N–H and O–H groups in total. The highest BCUT2D eigenvalue weighted by Crippen LogP contribution is 2.26. The maximum absolute atomic E-state index is 12.4. The second-order valence-electron chi connectivity index (χ2n) is 7.38. The Labute approximate surface area is 161 Å². The minimum Gasteiger partial charge on any atom is -0.506 e. The average Bonchev–Trinajstić information content (AvgIpc) is 2.69. The van der Waals surface area contributed by atoms with Gasteiger partial charge < -0.3 is 20.2 Å². The van der Waals surface area contributed by atoms with E-state index in [0.29, 0.717) is 18.2 Å². The van der Waals surface area contributed by atoms with Crippen molar-refractivity contribution in [3.8, 4) is 5.75 Å². The van der Waals surface area contributed by atoms with E-state index in [4.69, 9.17) is 0 Å². The number of phenols is 1. The van der Waals surface area contributed by atoms with E-state index >= 15 is 0 Å². The molecule has 27 heavy (non-hydrogen) atoms. The molecule has 0 saturated carbocycles. The van der Waals surface area contributed by atoms with Gasteiger partial charge in [-0.05, 0) is 42.2 Å². The van der Waals surface area contributed by atoms with Crippen LogP contribution in [-0.4, -0.2) is 43.7 Å². The van der Waals surface area contributed by atoms with Gasteiger partial charge in [0.05, 0.1) is 31.9 Å². The second kappa shape index (κ2) is 8.91. The van der Waals surface area contributed by atoms with Gasteiger partial charge in [0.25, 0.3) is 5.91 Å². The summed E-state index contributed by atoms with van der Waals surface area (Å²) >= 11 is 0. The Hall–Kier alpha value is -2.53. The molecule has 1 heterocycles. The molecule has 3 rings (SSSR count). The number of quaternary nitrogens is 1. The summed E-state index contributed by atoms with van der Waals surface area (Å²) in [6.07, 6.45) is 1.11. The summed E-state index contributed by atoms with van der Waals surface area (Å²) in [5.41, 5.74) is 3.04. The highest BCUT2D eigenvalue weighted by Gasteiger charge is 2.23. The third-order valence-corrected chi connectivity index (χ3v) is 5.48. The molecule has 0 aromatic heterocycles.